The van der Waals surface area contributed by atoms with Crippen LogP contribution in [-0.2, 0) is 0 Å². The molecule has 1 unspecified atom stereocenters. The van der Waals surface area contributed by atoms with Crippen LogP contribution in [0.4, 0.5) is 0 Å². The molecule has 0 aliphatic rings. The van der Waals surface area contributed by atoms with Gasteiger partial charge in [0.1, 0.15) is 5.75 Å². The molecule has 0 aliphatic carbocycles. The van der Waals surface area contributed by atoms with Crippen molar-refractivity contribution in [2.24, 2.45) is 5.84 Å². The second kappa shape index (κ2) is 7.09. The predicted octanol–water partition coefficient (Wildman–Crippen LogP) is 4.23. The first-order valence-corrected chi connectivity index (χ1v) is 8.42. The Morgan fingerprint density at radius 1 is 1.19 bits per heavy atom. The second-order valence-electron chi connectivity index (χ2n) is 4.90. The quantitative estimate of drug-likeness (QED) is 0.407. The summed E-state index contributed by atoms with van der Waals surface area (Å²) in [5.41, 5.74) is 7.42. The van der Waals surface area contributed by atoms with Crippen molar-refractivity contribution in [3.05, 3.63) is 60.6 Å². The normalized spacial score (nSPS) is 12.3. The van der Waals surface area contributed by atoms with E-state index < -0.39 is 0 Å². The lowest BCUT2D eigenvalue weighted by molar-refractivity contribution is 0.400. The molecule has 0 radical (unpaired) electrons. The van der Waals surface area contributed by atoms with E-state index in [0.29, 0.717) is 0 Å². The first kappa shape index (κ1) is 16.7. The molecule has 3 N–H and O–H groups in total. The third-order valence-electron chi connectivity index (χ3n) is 3.66. The Bertz CT molecular complexity index is 661. The van der Waals surface area contributed by atoms with Gasteiger partial charge in [-0.1, -0.05) is 28.1 Å². The molecule has 0 saturated carbocycles. The lowest BCUT2D eigenvalue weighted by Crippen LogP contribution is -2.30. The maximum absolute atomic E-state index is 5.84. The predicted molar refractivity (Wildman–Crippen MR) is 98.5 cm³/mol. The highest BCUT2D eigenvalue weighted by molar-refractivity contribution is 14.1. The van der Waals surface area contributed by atoms with Gasteiger partial charge in [-0.25, -0.2) is 5.43 Å². The van der Waals surface area contributed by atoms with Gasteiger partial charge in [-0.2, -0.15) is 0 Å². The number of hydrazine groups is 1. The molecule has 112 valence electrons. The van der Waals surface area contributed by atoms with Gasteiger partial charge in [-0.15, -0.1) is 0 Å². The van der Waals surface area contributed by atoms with Gasteiger partial charge in [0, 0.05) is 13.6 Å². The topological polar surface area (TPSA) is 47.3 Å². The second-order valence-corrected chi connectivity index (χ2v) is 6.97. The van der Waals surface area contributed by atoms with Crippen LogP contribution in [0, 0.1) is 17.4 Å². The van der Waals surface area contributed by atoms with Crippen molar-refractivity contribution in [1.82, 2.24) is 5.43 Å². The third-order valence-corrected chi connectivity index (χ3v) is 5.13. The first-order chi connectivity index (χ1) is 9.99. The number of rotatable bonds is 4. The number of nitrogens with two attached hydrogens (primary N) is 1. The molecule has 5 heteroatoms. The molecular weight excluding hydrogens is 443 g/mol. The maximum atomic E-state index is 5.84. The van der Waals surface area contributed by atoms with E-state index in [1.165, 1.54) is 5.56 Å². The molecule has 0 fully saturated rings. The summed E-state index contributed by atoms with van der Waals surface area (Å²) in [5, 5.41) is 0. The molecule has 2 rings (SSSR count). The number of methoxy groups -OCH3 is 1. The largest absolute Gasteiger partial charge is 0.496 e. The Balaban J connectivity index is 2.62. The molecule has 2 aromatic carbocycles. The van der Waals surface area contributed by atoms with Crippen molar-refractivity contribution in [2.75, 3.05) is 7.11 Å². The number of nitrogens with one attached hydrogen (secondary N) is 1. The minimum Gasteiger partial charge on any atom is -0.496 e. The van der Waals surface area contributed by atoms with Gasteiger partial charge in [0.2, 0.25) is 0 Å². The molecule has 0 aromatic heterocycles. The number of hydrogen-bond acceptors (Lipinski definition) is 3. The summed E-state index contributed by atoms with van der Waals surface area (Å²) in [5.74, 6) is 6.73. The monoisotopic (exact) mass is 460 g/mol. The van der Waals surface area contributed by atoms with E-state index in [2.05, 4.69) is 82.1 Å². The Kier molecular flexibility index (Phi) is 5.65. The Hall–Kier alpha value is -0.630. The van der Waals surface area contributed by atoms with Crippen molar-refractivity contribution in [1.29, 1.82) is 0 Å². The van der Waals surface area contributed by atoms with Crippen LogP contribution in [0.3, 0.4) is 0 Å². The lowest BCUT2D eigenvalue weighted by atomic mass is 9.94. The molecule has 21 heavy (non-hydrogen) atoms. The van der Waals surface area contributed by atoms with Crippen LogP contribution in [0.1, 0.15) is 28.3 Å². The van der Waals surface area contributed by atoms with Crippen LogP contribution in [0.25, 0.3) is 0 Å². The highest BCUT2D eigenvalue weighted by Gasteiger charge is 2.21. The number of aryl methyl sites for hydroxylation is 1. The number of benzene rings is 2. The lowest BCUT2D eigenvalue weighted by Gasteiger charge is -2.23. The van der Waals surface area contributed by atoms with Crippen molar-refractivity contribution >= 4 is 38.5 Å². The molecule has 0 amide bonds. The molecular formula is C16H18BrIN2O. The van der Waals surface area contributed by atoms with Crippen molar-refractivity contribution < 1.29 is 4.74 Å². The van der Waals surface area contributed by atoms with Gasteiger partial charge in [0.25, 0.3) is 0 Å². The average molecular weight is 461 g/mol. The van der Waals surface area contributed by atoms with Crippen LogP contribution in [-0.4, -0.2) is 7.11 Å². The fraction of sp³-hybridized carbons (Fsp3) is 0.250. The van der Waals surface area contributed by atoms with Gasteiger partial charge >= 0.3 is 0 Å². The highest BCUT2D eigenvalue weighted by atomic mass is 127. The highest BCUT2D eigenvalue weighted by Crippen LogP contribution is 2.36. The molecule has 2 aromatic rings. The molecule has 0 aliphatic heterocycles. The van der Waals surface area contributed by atoms with Crippen LogP contribution < -0.4 is 16.0 Å². The first-order valence-electron chi connectivity index (χ1n) is 6.54. The molecule has 3 nitrogen and oxygen atoms in total. The van der Waals surface area contributed by atoms with E-state index in [9.17, 15) is 0 Å². The number of halogens is 2. The van der Waals surface area contributed by atoms with Gasteiger partial charge in [-0.05, 0) is 71.3 Å². The van der Waals surface area contributed by atoms with E-state index in [0.717, 1.165) is 30.5 Å². The average Bonchev–Trinajstić information content (AvgIpc) is 2.47. The summed E-state index contributed by atoms with van der Waals surface area (Å²) in [4.78, 5) is 0. The molecule has 0 saturated heterocycles. The summed E-state index contributed by atoms with van der Waals surface area (Å²) in [7, 11) is 1.70. The summed E-state index contributed by atoms with van der Waals surface area (Å²) in [6.07, 6.45) is 0. The summed E-state index contributed by atoms with van der Waals surface area (Å²) >= 11 is 5.85. The number of hydrogen-bond donors (Lipinski definition) is 2. The molecule has 1 atom stereocenters. The van der Waals surface area contributed by atoms with Crippen LogP contribution in [0.15, 0.2) is 34.8 Å². The van der Waals surface area contributed by atoms with Gasteiger partial charge < -0.3 is 4.74 Å². The van der Waals surface area contributed by atoms with Crippen LogP contribution >= 0.6 is 38.5 Å². The minimum absolute atomic E-state index is 0.122. The molecule has 0 heterocycles. The Morgan fingerprint density at radius 3 is 2.52 bits per heavy atom. The summed E-state index contributed by atoms with van der Waals surface area (Å²) in [6.45, 7) is 4.15. The van der Waals surface area contributed by atoms with E-state index in [1.807, 2.05) is 6.07 Å². The molecule has 0 spiro atoms. The van der Waals surface area contributed by atoms with E-state index in [1.54, 1.807) is 7.11 Å². The van der Waals surface area contributed by atoms with Crippen molar-refractivity contribution in [2.45, 2.75) is 19.9 Å². The van der Waals surface area contributed by atoms with Crippen molar-refractivity contribution in [3.8, 4) is 5.75 Å². The number of ether oxygens (including phenoxy) is 1. The van der Waals surface area contributed by atoms with Gasteiger partial charge in [0.05, 0.1) is 13.2 Å². The minimum atomic E-state index is -0.122. The van der Waals surface area contributed by atoms with E-state index in [-0.39, 0.29) is 6.04 Å². The summed E-state index contributed by atoms with van der Waals surface area (Å²) < 4.78 is 7.80. The standard InChI is InChI=1S/C16H18BrIN2O/c1-9-4-6-12(16(21-3)10(9)2)15(20-19)13-8-11(17)5-7-14(13)18/h4-8,15,20H,19H2,1-3H3. The van der Waals surface area contributed by atoms with Crippen LogP contribution in [0.2, 0.25) is 0 Å². The Labute approximate surface area is 147 Å². The smallest absolute Gasteiger partial charge is 0.127 e. The zero-order chi connectivity index (χ0) is 15.6. The zero-order valence-corrected chi connectivity index (χ0v) is 15.9. The fourth-order valence-electron chi connectivity index (χ4n) is 2.39. The summed E-state index contributed by atoms with van der Waals surface area (Å²) in [6, 6.07) is 10.2. The zero-order valence-electron chi connectivity index (χ0n) is 12.2. The SMILES string of the molecule is COc1c(C(NN)c2cc(Br)ccc2I)ccc(C)c1C. The van der Waals surface area contributed by atoms with Gasteiger partial charge in [-0.3, -0.25) is 5.84 Å². The van der Waals surface area contributed by atoms with Gasteiger partial charge in [0.15, 0.2) is 0 Å². The third kappa shape index (κ3) is 3.41. The van der Waals surface area contributed by atoms with Crippen LogP contribution in [0.5, 0.6) is 5.75 Å². The fourth-order valence-corrected chi connectivity index (χ4v) is 3.42. The van der Waals surface area contributed by atoms with E-state index >= 15 is 0 Å². The van der Waals surface area contributed by atoms with E-state index in [4.69, 9.17) is 10.6 Å². The van der Waals surface area contributed by atoms with Crippen molar-refractivity contribution in [3.63, 3.8) is 0 Å². The maximum Gasteiger partial charge on any atom is 0.127 e. The Morgan fingerprint density at radius 2 is 1.90 bits per heavy atom. The molecule has 0 bridgehead atoms.